The molecule has 5 heteroatoms. The third kappa shape index (κ3) is 4.58. The van der Waals surface area contributed by atoms with Crippen LogP contribution in [0, 0.1) is 12.7 Å². The minimum atomic E-state index is -0.278. The van der Waals surface area contributed by atoms with E-state index in [4.69, 9.17) is 9.47 Å². The third-order valence-electron chi connectivity index (χ3n) is 4.11. The summed E-state index contributed by atoms with van der Waals surface area (Å²) in [6.45, 7) is 3.47. The number of aromatic nitrogens is 1. The SMILES string of the molecule is COc1cncc(CNCc2ccc(Oc3ccc(F)cc3)cc2)c1C. The minimum absolute atomic E-state index is 0.278. The van der Waals surface area contributed by atoms with Crippen molar-refractivity contribution >= 4 is 0 Å². The maximum atomic E-state index is 12.9. The zero-order valence-corrected chi connectivity index (χ0v) is 14.8. The molecule has 0 aliphatic heterocycles. The number of halogens is 1. The lowest BCUT2D eigenvalue weighted by atomic mass is 10.1. The van der Waals surface area contributed by atoms with Gasteiger partial charge >= 0.3 is 0 Å². The molecule has 0 fully saturated rings. The lowest BCUT2D eigenvalue weighted by molar-refractivity contribution is 0.408. The van der Waals surface area contributed by atoms with Gasteiger partial charge in [-0.15, -0.1) is 0 Å². The van der Waals surface area contributed by atoms with Gasteiger partial charge in [0, 0.05) is 19.3 Å². The van der Waals surface area contributed by atoms with Crippen LogP contribution in [0.4, 0.5) is 4.39 Å². The molecule has 2 aromatic carbocycles. The van der Waals surface area contributed by atoms with Gasteiger partial charge in [-0.05, 0) is 60.0 Å². The molecule has 0 atom stereocenters. The first-order valence-electron chi connectivity index (χ1n) is 8.36. The second-order valence-electron chi connectivity index (χ2n) is 5.93. The zero-order valence-electron chi connectivity index (χ0n) is 14.8. The average Bonchev–Trinajstić information content (AvgIpc) is 2.66. The number of ether oxygens (including phenoxy) is 2. The maximum Gasteiger partial charge on any atom is 0.140 e. The molecule has 26 heavy (non-hydrogen) atoms. The Balaban J connectivity index is 1.54. The average molecular weight is 352 g/mol. The summed E-state index contributed by atoms with van der Waals surface area (Å²) in [5, 5.41) is 3.41. The van der Waals surface area contributed by atoms with Crippen molar-refractivity contribution in [1.29, 1.82) is 0 Å². The number of nitrogens with zero attached hydrogens (tertiary/aromatic N) is 1. The molecule has 0 amide bonds. The molecule has 4 nitrogen and oxygen atoms in total. The van der Waals surface area contributed by atoms with Crippen molar-refractivity contribution in [2.45, 2.75) is 20.0 Å². The van der Waals surface area contributed by atoms with E-state index in [0.717, 1.165) is 29.0 Å². The van der Waals surface area contributed by atoms with Crippen LogP contribution in [0.15, 0.2) is 60.9 Å². The fraction of sp³-hybridized carbons (Fsp3) is 0.190. The van der Waals surface area contributed by atoms with Crippen LogP contribution < -0.4 is 14.8 Å². The van der Waals surface area contributed by atoms with E-state index in [2.05, 4.69) is 10.3 Å². The summed E-state index contributed by atoms with van der Waals surface area (Å²) in [5.41, 5.74) is 3.35. The second kappa shape index (κ2) is 8.45. The fourth-order valence-corrected chi connectivity index (χ4v) is 2.59. The van der Waals surface area contributed by atoms with Crippen LogP contribution in [-0.2, 0) is 13.1 Å². The second-order valence-corrected chi connectivity index (χ2v) is 5.93. The van der Waals surface area contributed by atoms with Crippen LogP contribution >= 0.6 is 0 Å². The number of benzene rings is 2. The highest BCUT2D eigenvalue weighted by atomic mass is 19.1. The Morgan fingerprint density at radius 3 is 2.23 bits per heavy atom. The normalized spacial score (nSPS) is 10.6. The first kappa shape index (κ1) is 17.9. The van der Waals surface area contributed by atoms with Crippen LogP contribution in [-0.4, -0.2) is 12.1 Å². The van der Waals surface area contributed by atoms with Gasteiger partial charge in [-0.25, -0.2) is 4.39 Å². The molecule has 0 aliphatic carbocycles. The molecule has 1 N–H and O–H groups in total. The van der Waals surface area contributed by atoms with Crippen molar-refractivity contribution in [2.75, 3.05) is 7.11 Å². The van der Waals surface area contributed by atoms with Crippen LogP contribution in [0.5, 0.6) is 17.2 Å². The monoisotopic (exact) mass is 352 g/mol. The van der Waals surface area contributed by atoms with Gasteiger partial charge in [0.1, 0.15) is 23.1 Å². The molecule has 0 aliphatic rings. The van der Waals surface area contributed by atoms with Crippen LogP contribution in [0.25, 0.3) is 0 Å². The Kier molecular flexibility index (Phi) is 5.81. The molecular weight excluding hydrogens is 331 g/mol. The van der Waals surface area contributed by atoms with Gasteiger partial charge in [0.2, 0.25) is 0 Å². The van der Waals surface area contributed by atoms with Crippen molar-refractivity contribution < 1.29 is 13.9 Å². The molecule has 0 saturated heterocycles. The summed E-state index contributed by atoms with van der Waals surface area (Å²) in [7, 11) is 1.65. The Morgan fingerprint density at radius 1 is 0.923 bits per heavy atom. The smallest absolute Gasteiger partial charge is 0.140 e. The largest absolute Gasteiger partial charge is 0.495 e. The van der Waals surface area contributed by atoms with E-state index in [0.29, 0.717) is 18.0 Å². The van der Waals surface area contributed by atoms with Gasteiger partial charge in [-0.3, -0.25) is 4.98 Å². The van der Waals surface area contributed by atoms with Crippen molar-refractivity contribution in [2.24, 2.45) is 0 Å². The molecule has 0 unspecified atom stereocenters. The topological polar surface area (TPSA) is 43.4 Å². The molecule has 3 aromatic rings. The molecule has 0 spiro atoms. The molecule has 0 bridgehead atoms. The number of hydrogen-bond donors (Lipinski definition) is 1. The summed E-state index contributed by atoms with van der Waals surface area (Å²) >= 11 is 0. The Bertz CT molecular complexity index is 849. The summed E-state index contributed by atoms with van der Waals surface area (Å²) in [5.74, 6) is 1.85. The summed E-state index contributed by atoms with van der Waals surface area (Å²) in [6, 6.07) is 13.8. The predicted octanol–water partition coefficient (Wildman–Crippen LogP) is 4.62. The molecule has 3 rings (SSSR count). The number of hydrogen-bond acceptors (Lipinski definition) is 4. The highest BCUT2D eigenvalue weighted by Gasteiger charge is 2.05. The Labute approximate surface area is 152 Å². The van der Waals surface area contributed by atoms with E-state index in [1.54, 1.807) is 25.4 Å². The van der Waals surface area contributed by atoms with E-state index in [-0.39, 0.29) is 5.82 Å². The van der Waals surface area contributed by atoms with Gasteiger partial charge in [0.15, 0.2) is 0 Å². The highest BCUT2D eigenvalue weighted by molar-refractivity contribution is 5.36. The zero-order chi connectivity index (χ0) is 18.4. The quantitative estimate of drug-likeness (QED) is 0.674. The van der Waals surface area contributed by atoms with Crippen molar-refractivity contribution in [3.8, 4) is 17.2 Å². The summed E-state index contributed by atoms with van der Waals surface area (Å²) < 4.78 is 23.9. The molecule has 134 valence electrons. The van der Waals surface area contributed by atoms with E-state index in [1.165, 1.54) is 12.1 Å². The first-order chi connectivity index (χ1) is 12.7. The molecule has 0 radical (unpaired) electrons. The molecule has 1 heterocycles. The van der Waals surface area contributed by atoms with E-state index < -0.39 is 0 Å². The number of nitrogens with one attached hydrogen (secondary N) is 1. The Hall–Kier alpha value is -2.92. The minimum Gasteiger partial charge on any atom is -0.495 e. The van der Waals surface area contributed by atoms with E-state index in [1.807, 2.05) is 37.4 Å². The lowest BCUT2D eigenvalue weighted by Crippen LogP contribution is -2.14. The number of pyridine rings is 1. The third-order valence-corrected chi connectivity index (χ3v) is 4.11. The number of methoxy groups -OCH3 is 1. The van der Waals surface area contributed by atoms with Gasteiger partial charge in [0.05, 0.1) is 13.3 Å². The van der Waals surface area contributed by atoms with Crippen molar-refractivity contribution in [3.05, 3.63) is 83.4 Å². The van der Waals surface area contributed by atoms with Crippen molar-refractivity contribution in [1.82, 2.24) is 10.3 Å². The maximum absolute atomic E-state index is 12.9. The van der Waals surface area contributed by atoms with Gasteiger partial charge in [0.25, 0.3) is 0 Å². The highest BCUT2D eigenvalue weighted by Crippen LogP contribution is 2.22. The van der Waals surface area contributed by atoms with Crippen LogP contribution in [0.2, 0.25) is 0 Å². The van der Waals surface area contributed by atoms with Crippen LogP contribution in [0.3, 0.4) is 0 Å². The van der Waals surface area contributed by atoms with Crippen LogP contribution in [0.1, 0.15) is 16.7 Å². The molecule has 1 aromatic heterocycles. The Morgan fingerprint density at radius 2 is 1.58 bits per heavy atom. The molecular formula is C21H21FN2O2. The van der Waals surface area contributed by atoms with Crippen molar-refractivity contribution in [3.63, 3.8) is 0 Å². The van der Waals surface area contributed by atoms with E-state index in [9.17, 15) is 4.39 Å². The van der Waals surface area contributed by atoms with Gasteiger partial charge in [-0.1, -0.05) is 12.1 Å². The van der Waals surface area contributed by atoms with E-state index >= 15 is 0 Å². The summed E-state index contributed by atoms with van der Waals surface area (Å²) in [6.07, 6.45) is 3.57. The standard InChI is InChI=1S/C21H21FN2O2/c1-15-17(13-24-14-21(15)25-2)12-23-11-16-3-7-19(8-4-16)26-20-9-5-18(22)6-10-20/h3-10,13-14,23H,11-12H2,1-2H3. The first-order valence-corrected chi connectivity index (χ1v) is 8.36. The molecule has 0 saturated carbocycles. The lowest BCUT2D eigenvalue weighted by Gasteiger charge is -2.11. The summed E-state index contributed by atoms with van der Waals surface area (Å²) in [4.78, 5) is 4.19. The van der Waals surface area contributed by atoms with Gasteiger partial charge < -0.3 is 14.8 Å². The number of rotatable bonds is 7. The fourth-order valence-electron chi connectivity index (χ4n) is 2.59. The predicted molar refractivity (Wildman–Crippen MR) is 99.0 cm³/mol. The van der Waals surface area contributed by atoms with Gasteiger partial charge in [-0.2, -0.15) is 0 Å².